The van der Waals surface area contributed by atoms with Crippen molar-refractivity contribution in [1.82, 2.24) is 4.98 Å². The van der Waals surface area contributed by atoms with Gasteiger partial charge in [-0.25, -0.2) is 9.37 Å². The molecule has 0 saturated heterocycles. The Morgan fingerprint density at radius 3 is 2.80 bits per heavy atom. The lowest BCUT2D eigenvalue weighted by molar-refractivity contribution is -0.111. The van der Waals surface area contributed by atoms with Crippen molar-refractivity contribution in [3.63, 3.8) is 0 Å². The third kappa shape index (κ3) is 4.51. The Hall–Kier alpha value is -2.99. The average molecular weight is 354 g/mol. The number of thiazole rings is 1. The van der Waals surface area contributed by atoms with E-state index < -0.39 is 0 Å². The zero-order valence-electron chi connectivity index (χ0n) is 13.4. The van der Waals surface area contributed by atoms with Gasteiger partial charge in [-0.2, -0.15) is 0 Å². The standard InChI is InChI=1S/C19H15FN2O2S/c1-24-16-4-2-3-14(11-16)17-12-25-19(21-17)22-18(23)10-7-13-5-8-15(20)9-6-13/h2-12H,1H3,(H,21,22,23)/b10-7+. The zero-order chi connectivity index (χ0) is 17.6. The van der Waals surface area contributed by atoms with Crippen LogP contribution < -0.4 is 10.1 Å². The van der Waals surface area contributed by atoms with Crippen LogP contribution >= 0.6 is 11.3 Å². The number of hydrogen-bond acceptors (Lipinski definition) is 4. The fourth-order valence-corrected chi connectivity index (χ4v) is 2.86. The van der Waals surface area contributed by atoms with Crippen molar-refractivity contribution >= 4 is 28.5 Å². The molecule has 0 spiro atoms. The summed E-state index contributed by atoms with van der Waals surface area (Å²) in [4.78, 5) is 16.4. The van der Waals surface area contributed by atoms with Crippen molar-refractivity contribution in [3.8, 4) is 17.0 Å². The van der Waals surface area contributed by atoms with Crippen molar-refractivity contribution in [2.45, 2.75) is 0 Å². The molecule has 6 heteroatoms. The Bertz CT molecular complexity index is 904. The first kappa shape index (κ1) is 16.9. The predicted octanol–water partition coefficient (Wildman–Crippen LogP) is 4.61. The van der Waals surface area contributed by atoms with Crippen LogP contribution in [-0.2, 0) is 4.79 Å². The van der Waals surface area contributed by atoms with Gasteiger partial charge < -0.3 is 4.74 Å². The van der Waals surface area contributed by atoms with Crippen molar-refractivity contribution in [2.24, 2.45) is 0 Å². The molecule has 0 aliphatic heterocycles. The van der Waals surface area contributed by atoms with Crippen molar-refractivity contribution < 1.29 is 13.9 Å². The molecule has 1 amide bonds. The number of nitrogens with zero attached hydrogens (tertiary/aromatic N) is 1. The summed E-state index contributed by atoms with van der Waals surface area (Å²) in [7, 11) is 1.61. The van der Waals surface area contributed by atoms with Crippen molar-refractivity contribution in [3.05, 3.63) is 71.4 Å². The quantitative estimate of drug-likeness (QED) is 0.681. The summed E-state index contributed by atoms with van der Waals surface area (Å²) in [5.41, 5.74) is 2.42. The summed E-state index contributed by atoms with van der Waals surface area (Å²) in [6, 6.07) is 13.5. The van der Waals surface area contributed by atoms with E-state index in [1.807, 2.05) is 29.6 Å². The zero-order valence-corrected chi connectivity index (χ0v) is 14.2. The van der Waals surface area contributed by atoms with E-state index in [4.69, 9.17) is 4.74 Å². The first-order chi connectivity index (χ1) is 12.1. The minimum absolute atomic E-state index is 0.295. The van der Waals surface area contributed by atoms with Crippen LogP contribution in [0.4, 0.5) is 9.52 Å². The first-order valence-electron chi connectivity index (χ1n) is 7.48. The molecule has 0 unspecified atom stereocenters. The van der Waals surface area contributed by atoms with Gasteiger partial charge in [0.15, 0.2) is 5.13 Å². The number of benzene rings is 2. The molecular weight excluding hydrogens is 339 g/mol. The molecule has 1 heterocycles. The lowest BCUT2D eigenvalue weighted by Crippen LogP contribution is -2.07. The molecule has 3 aromatic rings. The second-order valence-corrected chi connectivity index (χ2v) is 6.00. The topological polar surface area (TPSA) is 51.2 Å². The highest BCUT2D eigenvalue weighted by Gasteiger charge is 2.07. The van der Waals surface area contributed by atoms with E-state index in [9.17, 15) is 9.18 Å². The van der Waals surface area contributed by atoms with Gasteiger partial charge in [-0.3, -0.25) is 10.1 Å². The highest BCUT2D eigenvalue weighted by molar-refractivity contribution is 7.14. The minimum Gasteiger partial charge on any atom is -0.497 e. The first-order valence-corrected chi connectivity index (χ1v) is 8.36. The van der Waals surface area contributed by atoms with Gasteiger partial charge in [-0.15, -0.1) is 11.3 Å². The van der Waals surface area contributed by atoms with Gasteiger partial charge >= 0.3 is 0 Å². The Labute approximate surface area is 148 Å². The molecule has 2 aromatic carbocycles. The number of carbonyl (C=O) groups excluding carboxylic acids is 1. The molecule has 1 aromatic heterocycles. The van der Waals surface area contributed by atoms with Crippen LogP contribution in [-0.4, -0.2) is 18.0 Å². The number of halogens is 1. The Morgan fingerprint density at radius 2 is 2.04 bits per heavy atom. The SMILES string of the molecule is COc1cccc(-c2csc(NC(=O)/C=C/c3ccc(F)cc3)n2)c1. The number of amides is 1. The van der Waals surface area contributed by atoms with Crippen LogP contribution in [0.3, 0.4) is 0 Å². The molecule has 25 heavy (non-hydrogen) atoms. The van der Waals surface area contributed by atoms with Gasteiger partial charge in [0.25, 0.3) is 0 Å². The number of methoxy groups -OCH3 is 1. The molecule has 3 rings (SSSR count). The molecule has 0 fully saturated rings. The average Bonchev–Trinajstić information content (AvgIpc) is 3.10. The lowest BCUT2D eigenvalue weighted by Gasteiger charge is -2.01. The Kier molecular flexibility index (Phi) is 5.20. The van der Waals surface area contributed by atoms with Gasteiger partial charge in [0.2, 0.25) is 5.91 Å². The van der Waals surface area contributed by atoms with Crippen LogP contribution in [0, 0.1) is 5.82 Å². The molecule has 0 atom stereocenters. The number of anilines is 1. The van der Waals surface area contributed by atoms with E-state index >= 15 is 0 Å². The third-order valence-electron chi connectivity index (χ3n) is 3.40. The van der Waals surface area contributed by atoms with E-state index in [1.54, 1.807) is 25.3 Å². The smallest absolute Gasteiger partial charge is 0.250 e. The summed E-state index contributed by atoms with van der Waals surface area (Å²) in [5.74, 6) is 0.142. The molecule has 0 bridgehead atoms. The molecule has 0 saturated carbocycles. The van der Waals surface area contributed by atoms with Crippen molar-refractivity contribution in [1.29, 1.82) is 0 Å². The molecule has 1 N–H and O–H groups in total. The fraction of sp³-hybridized carbons (Fsp3) is 0.0526. The third-order valence-corrected chi connectivity index (χ3v) is 4.15. The number of aromatic nitrogens is 1. The summed E-state index contributed by atoms with van der Waals surface area (Å²) in [5, 5.41) is 5.09. The molecule has 126 valence electrons. The van der Waals surface area contributed by atoms with Crippen LogP contribution in [0.25, 0.3) is 17.3 Å². The van der Waals surface area contributed by atoms with E-state index in [0.29, 0.717) is 5.13 Å². The molecule has 0 aliphatic rings. The van der Waals surface area contributed by atoms with Crippen molar-refractivity contribution in [2.75, 3.05) is 12.4 Å². The van der Waals surface area contributed by atoms with Gasteiger partial charge in [0, 0.05) is 17.0 Å². The normalized spacial score (nSPS) is 10.8. The maximum absolute atomic E-state index is 12.8. The summed E-state index contributed by atoms with van der Waals surface area (Å²) in [6.07, 6.45) is 3.01. The largest absolute Gasteiger partial charge is 0.497 e. The number of rotatable bonds is 5. The predicted molar refractivity (Wildman–Crippen MR) is 98.2 cm³/mol. The van der Waals surface area contributed by atoms with Crippen LogP contribution in [0.5, 0.6) is 5.75 Å². The van der Waals surface area contributed by atoms with E-state index in [2.05, 4.69) is 10.3 Å². The Balaban J connectivity index is 1.66. The van der Waals surface area contributed by atoms with Gasteiger partial charge in [0.1, 0.15) is 11.6 Å². The van der Waals surface area contributed by atoms with E-state index in [1.165, 1.54) is 29.5 Å². The number of carbonyl (C=O) groups is 1. The van der Waals surface area contributed by atoms with E-state index in [-0.39, 0.29) is 11.7 Å². The number of nitrogens with one attached hydrogen (secondary N) is 1. The molecular formula is C19H15FN2O2S. The van der Waals surface area contributed by atoms with E-state index in [0.717, 1.165) is 22.6 Å². The number of ether oxygens (including phenoxy) is 1. The number of hydrogen-bond donors (Lipinski definition) is 1. The second-order valence-electron chi connectivity index (χ2n) is 5.14. The van der Waals surface area contributed by atoms with Crippen LogP contribution in [0.2, 0.25) is 0 Å². The summed E-state index contributed by atoms with van der Waals surface area (Å²) >= 11 is 1.34. The maximum atomic E-state index is 12.8. The highest BCUT2D eigenvalue weighted by atomic mass is 32.1. The summed E-state index contributed by atoms with van der Waals surface area (Å²) in [6.45, 7) is 0. The minimum atomic E-state index is -0.311. The summed E-state index contributed by atoms with van der Waals surface area (Å²) < 4.78 is 18.0. The molecule has 0 aliphatic carbocycles. The van der Waals surface area contributed by atoms with Gasteiger partial charge in [0.05, 0.1) is 12.8 Å². The highest BCUT2D eigenvalue weighted by Crippen LogP contribution is 2.27. The van der Waals surface area contributed by atoms with Crippen LogP contribution in [0.1, 0.15) is 5.56 Å². The Morgan fingerprint density at radius 1 is 1.24 bits per heavy atom. The maximum Gasteiger partial charge on any atom is 0.250 e. The molecule has 4 nitrogen and oxygen atoms in total. The molecule has 0 radical (unpaired) electrons. The van der Waals surface area contributed by atoms with Gasteiger partial charge in [-0.05, 0) is 35.9 Å². The monoisotopic (exact) mass is 354 g/mol. The lowest BCUT2D eigenvalue weighted by atomic mass is 10.2. The van der Waals surface area contributed by atoms with Gasteiger partial charge in [-0.1, -0.05) is 24.3 Å². The fourth-order valence-electron chi connectivity index (χ4n) is 2.14. The second kappa shape index (κ2) is 7.72. The van der Waals surface area contributed by atoms with Crippen LogP contribution in [0.15, 0.2) is 60.0 Å².